The molecular formula is C11H19N2S+. The van der Waals surface area contributed by atoms with E-state index in [2.05, 4.69) is 42.7 Å². The Morgan fingerprint density at radius 2 is 2.07 bits per heavy atom. The van der Waals surface area contributed by atoms with Crippen molar-refractivity contribution in [3.8, 4) is 0 Å². The highest BCUT2D eigenvalue weighted by Gasteiger charge is 2.29. The molecule has 2 nitrogen and oxygen atoms in total. The van der Waals surface area contributed by atoms with Crippen molar-refractivity contribution in [1.82, 2.24) is 0 Å². The number of nitrogens with zero attached hydrogens (tertiary/aromatic N) is 2. The van der Waals surface area contributed by atoms with E-state index >= 15 is 0 Å². The SMILES string of the molecule is CC(C)N1CCc2c[n+](C(C)C)sc21. The zero-order chi connectivity index (χ0) is 10.3. The van der Waals surface area contributed by atoms with Crippen molar-refractivity contribution in [2.24, 2.45) is 0 Å². The highest BCUT2D eigenvalue weighted by molar-refractivity contribution is 7.06. The van der Waals surface area contributed by atoms with Crippen LogP contribution in [0.25, 0.3) is 0 Å². The third-order valence-corrected chi connectivity index (χ3v) is 4.17. The van der Waals surface area contributed by atoms with Crippen LogP contribution >= 0.6 is 11.5 Å². The van der Waals surface area contributed by atoms with E-state index < -0.39 is 0 Å². The van der Waals surface area contributed by atoms with Crippen molar-refractivity contribution in [3.63, 3.8) is 0 Å². The van der Waals surface area contributed by atoms with Crippen molar-refractivity contribution in [1.29, 1.82) is 0 Å². The molecule has 0 bridgehead atoms. The molecule has 1 aromatic heterocycles. The number of fused-ring (bicyclic) bond motifs is 1. The van der Waals surface area contributed by atoms with E-state index in [9.17, 15) is 0 Å². The molecule has 1 aliphatic heterocycles. The summed E-state index contributed by atoms with van der Waals surface area (Å²) in [5, 5.41) is 1.49. The molecule has 2 rings (SSSR count). The second-order valence-corrected chi connectivity index (χ2v) is 5.53. The van der Waals surface area contributed by atoms with Gasteiger partial charge in [0.25, 0.3) is 0 Å². The second-order valence-electron chi connectivity index (χ2n) is 4.54. The van der Waals surface area contributed by atoms with Crippen LogP contribution in [0.15, 0.2) is 6.20 Å². The summed E-state index contributed by atoms with van der Waals surface area (Å²) in [6, 6.07) is 1.23. The molecule has 14 heavy (non-hydrogen) atoms. The number of hydrogen-bond acceptors (Lipinski definition) is 2. The van der Waals surface area contributed by atoms with Gasteiger partial charge in [-0.3, -0.25) is 0 Å². The van der Waals surface area contributed by atoms with Gasteiger partial charge < -0.3 is 4.90 Å². The Morgan fingerprint density at radius 3 is 2.64 bits per heavy atom. The Bertz CT molecular complexity index is 328. The summed E-state index contributed by atoms with van der Waals surface area (Å²) >= 11 is 1.91. The summed E-state index contributed by atoms with van der Waals surface area (Å²) in [7, 11) is 0. The van der Waals surface area contributed by atoms with Gasteiger partial charge in [-0.25, -0.2) is 0 Å². The number of rotatable bonds is 2. The molecule has 0 fully saturated rings. The van der Waals surface area contributed by atoms with Crippen LogP contribution in [0.1, 0.15) is 39.3 Å². The maximum atomic E-state index is 2.51. The van der Waals surface area contributed by atoms with Crippen LogP contribution in [0.2, 0.25) is 0 Å². The number of hydrogen-bond donors (Lipinski definition) is 0. The fourth-order valence-electron chi connectivity index (χ4n) is 1.89. The van der Waals surface area contributed by atoms with Crippen LogP contribution in [-0.2, 0) is 6.42 Å². The van der Waals surface area contributed by atoms with Gasteiger partial charge in [-0.1, -0.05) is 0 Å². The Morgan fingerprint density at radius 1 is 1.36 bits per heavy atom. The van der Waals surface area contributed by atoms with Crippen LogP contribution in [0.5, 0.6) is 0 Å². The first-order valence-electron chi connectivity index (χ1n) is 5.40. The van der Waals surface area contributed by atoms with E-state index in [0.29, 0.717) is 12.1 Å². The van der Waals surface area contributed by atoms with Crippen LogP contribution < -0.4 is 8.86 Å². The van der Waals surface area contributed by atoms with Crippen LogP contribution in [0, 0.1) is 0 Å². The molecule has 0 unspecified atom stereocenters. The van der Waals surface area contributed by atoms with E-state index in [1.165, 1.54) is 23.5 Å². The van der Waals surface area contributed by atoms with Crippen LogP contribution in [0.3, 0.4) is 0 Å². The lowest BCUT2D eigenvalue weighted by Gasteiger charge is -2.20. The molecule has 3 heteroatoms. The van der Waals surface area contributed by atoms with Gasteiger partial charge in [0.1, 0.15) is 0 Å². The molecule has 0 aliphatic carbocycles. The summed E-state index contributed by atoms with van der Waals surface area (Å²) in [5.74, 6) is 0. The van der Waals surface area contributed by atoms with Gasteiger partial charge in [0.05, 0.1) is 5.56 Å². The van der Waals surface area contributed by atoms with Gasteiger partial charge in [-0.15, -0.1) is 3.96 Å². The molecule has 0 saturated heterocycles. The van der Waals surface area contributed by atoms with Gasteiger partial charge in [0, 0.05) is 12.6 Å². The summed E-state index contributed by atoms with van der Waals surface area (Å²) in [6.45, 7) is 10.2. The first-order valence-corrected chi connectivity index (χ1v) is 6.18. The van der Waals surface area contributed by atoms with Crippen molar-refractivity contribution < 1.29 is 3.96 Å². The molecule has 0 aromatic carbocycles. The van der Waals surface area contributed by atoms with Crippen molar-refractivity contribution in [2.75, 3.05) is 11.4 Å². The number of anilines is 1. The zero-order valence-corrected chi connectivity index (χ0v) is 10.3. The van der Waals surface area contributed by atoms with E-state index in [1.54, 1.807) is 0 Å². The molecule has 78 valence electrons. The molecular weight excluding hydrogens is 192 g/mol. The predicted molar refractivity (Wildman–Crippen MR) is 61.1 cm³/mol. The summed E-state index contributed by atoms with van der Waals surface area (Å²) < 4.78 is 2.36. The Labute approximate surface area is 90.3 Å². The molecule has 0 amide bonds. The summed E-state index contributed by atoms with van der Waals surface area (Å²) in [6.07, 6.45) is 3.55. The van der Waals surface area contributed by atoms with E-state index in [0.717, 1.165) is 0 Å². The van der Waals surface area contributed by atoms with E-state index in [1.807, 2.05) is 11.5 Å². The van der Waals surface area contributed by atoms with Crippen LogP contribution in [-0.4, -0.2) is 12.6 Å². The van der Waals surface area contributed by atoms with Crippen molar-refractivity contribution in [2.45, 2.75) is 46.2 Å². The van der Waals surface area contributed by atoms with E-state index in [-0.39, 0.29) is 0 Å². The lowest BCUT2D eigenvalue weighted by atomic mass is 10.3. The highest BCUT2D eigenvalue weighted by atomic mass is 32.1. The van der Waals surface area contributed by atoms with Crippen molar-refractivity contribution in [3.05, 3.63) is 11.8 Å². The third-order valence-electron chi connectivity index (χ3n) is 2.76. The second kappa shape index (κ2) is 3.54. The molecule has 0 radical (unpaired) electrons. The highest BCUT2D eigenvalue weighted by Crippen LogP contribution is 2.32. The van der Waals surface area contributed by atoms with Crippen LogP contribution in [0.4, 0.5) is 5.00 Å². The average Bonchev–Trinajstić information content (AvgIpc) is 2.58. The van der Waals surface area contributed by atoms with Gasteiger partial charge >= 0.3 is 0 Å². The minimum Gasteiger partial charge on any atom is -0.356 e. The quantitative estimate of drug-likeness (QED) is 0.681. The maximum absolute atomic E-state index is 2.51. The Balaban J connectivity index is 2.30. The third kappa shape index (κ3) is 1.54. The molecule has 0 N–H and O–H groups in total. The van der Waals surface area contributed by atoms with Gasteiger partial charge in [0.2, 0.25) is 0 Å². The molecule has 1 aliphatic rings. The van der Waals surface area contributed by atoms with Gasteiger partial charge in [-0.05, 0) is 34.1 Å². The molecule has 1 aromatic rings. The largest absolute Gasteiger partial charge is 0.356 e. The number of aromatic nitrogens is 1. The zero-order valence-electron chi connectivity index (χ0n) is 9.45. The normalized spacial score (nSPS) is 15.7. The molecule has 0 atom stereocenters. The standard InChI is InChI=1S/C11H19N2S/c1-8(2)12-6-5-10-7-13(9(3)4)14-11(10)12/h7-9H,5-6H2,1-4H3/q+1. The smallest absolute Gasteiger partial charge is 0.189 e. The monoisotopic (exact) mass is 211 g/mol. The minimum atomic E-state index is 0.597. The lowest BCUT2D eigenvalue weighted by Crippen LogP contribution is -2.32. The molecule has 0 spiro atoms. The lowest BCUT2D eigenvalue weighted by molar-refractivity contribution is -0.650. The topological polar surface area (TPSA) is 7.12 Å². The fourth-order valence-corrected chi connectivity index (χ4v) is 3.16. The molecule has 0 saturated carbocycles. The van der Waals surface area contributed by atoms with Gasteiger partial charge in [0.15, 0.2) is 28.8 Å². The fraction of sp³-hybridized carbons (Fsp3) is 0.727. The maximum Gasteiger partial charge on any atom is 0.189 e. The van der Waals surface area contributed by atoms with Crippen molar-refractivity contribution >= 4 is 16.5 Å². The van der Waals surface area contributed by atoms with E-state index in [4.69, 9.17) is 0 Å². The Kier molecular flexibility index (Phi) is 2.52. The summed E-state index contributed by atoms with van der Waals surface area (Å²) in [4.78, 5) is 2.51. The molecule has 2 heterocycles. The van der Waals surface area contributed by atoms with Gasteiger partial charge in [-0.2, -0.15) is 0 Å². The summed E-state index contributed by atoms with van der Waals surface area (Å²) in [5.41, 5.74) is 1.54. The first kappa shape index (κ1) is 9.97. The predicted octanol–water partition coefficient (Wildman–Crippen LogP) is 2.39. The Hall–Kier alpha value is -0.570. The first-order chi connectivity index (χ1) is 6.59. The minimum absolute atomic E-state index is 0.597. The average molecular weight is 211 g/mol.